The van der Waals surface area contributed by atoms with Crippen molar-refractivity contribution in [2.75, 3.05) is 20.6 Å². The number of carbonyl (C=O) groups is 3. The molecule has 1 saturated heterocycles. The topological polar surface area (TPSA) is 173 Å². The fourth-order valence-electron chi connectivity index (χ4n) is 6.63. The average molecular weight is 498 g/mol. The fraction of sp³-hybridized carbons (Fsp3) is 0.500. The van der Waals surface area contributed by atoms with E-state index < -0.39 is 58.0 Å². The molecule has 3 aliphatic carbocycles. The molecule has 7 N–H and O–H groups in total. The largest absolute Gasteiger partial charge is 0.508 e. The highest BCUT2D eigenvalue weighted by atomic mass is 16.3. The zero-order valence-electron chi connectivity index (χ0n) is 20.2. The van der Waals surface area contributed by atoms with Crippen molar-refractivity contribution in [1.29, 1.82) is 0 Å². The molecule has 1 amide bonds. The number of primary amides is 1. The number of aliphatic hydroxyl groups excluding tert-OH is 2. The van der Waals surface area contributed by atoms with E-state index in [1.54, 1.807) is 20.2 Å². The van der Waals surface area contributed by atoms with Crippen molar-refractivity contribution in [1.82, 2.24) is 10.2 Å². The number of ketones is 2. The molecular formula is C26H31N3O7. The predicted octanol–water partition coefficient (Wildman–Crippen LogP) is 0.779. The highest BCUT2D eigenvalue weighted by Gasteiger charge is 2.64. The highest BCUT2D eigenvalue weighted by molar-refractivity contribution is 6.24. The van der Waals surface area contributed by atoms with Gasteiger partial charge in [-0.15, -0.1) is 0 Å². The SMILES string of the molecule is CN(C)[C@@H]1C(=O)C(C(N)=O)=C(O)[C@@]2(O)C(=O)C3=C(O)c4c(O)cc(C5CCCCN5)cc4C[C@H]3C[C@@H]12. The van der Waals surface area contributed by atoms with E-state index in [2.05, 4.69) is 5.32 Å². The van der Waals surface area contributed by atoms with Crippen LogP contribution in [0.3, 0.4) is 0 Å². The maximum absolute atomic E-state index is 13.8. The number of nitrogens with zero attached hydrogens (tertiary/aromatic N) is 1. The number of rotatable bonds is 3. The summed E-state index contributed by atoms with van der Waals surface area (Å²) < 4.78 is 0. The molecule has 10 heteroatoms. The van der Waals surface area contributed by atoms with Crippen molar-refractivity contribution in [2.24, 2.45) is 17.6 Å². The van der Waals surface area contributed by atoms with Crippen LogP contribution in [0.2, 0.25) is 0 Å². The van der Waals surface area contributed by atoms with Crippen LogP contribution in [0.25, 0.3) is 5.76 Å². The first kappa shape index (κ1) is 24.5. The van der Waals surface area contributed by atoms with E-state index in [1.807, 2.05) is 6.07 Å². The minimum absolute atomic E-state index is 0.0731. The Kier molecular flexibility index (Phi) is 5.73. The van der Waals surface area contributed by atoms with Gasteiger partial charge in [-0.1, -0.05) is 12.5 Å². The van der Waals surface area contributed by atoms with Crippen molar-refractivity contribution in [3.8, 4) is 5.75 Å². The fourth-order valence-corrected chi connectivity index (χ4v) is 6.63. The number of piperidine rings is 1. The molecular weight excluding hydrogens is 466 g/mol. The smallest absolute Gasteiger partial charge is 0.255 e. The summed E-state index contributed by atoms with van der Waals surface area (Å²) >= 11 is 0. The van der Waals surface area contributed by atoms with Gasteiger partial charge in [-0.3, -0.25) is 19.3 Å². The van der Waals surface area contributed by atoms with Crippen molar-refractivity contribution in [3.05, 3.63) is 45.7 Å². The normalized spacial score (nSPS) is 32.3. The molecule has 1 unspecified atom stereocenters. The maximum Gasteiger partial charge on any atom is 0.255 e. The van der Waals surface area contributed by atoms with Gasteiger partial charge in [0.2, 0.25) is 5.78 Å². The second-order valence-electron chi connectivity index (χ2n) is 10.5. The van der Waals surface area contributed by atoms with Gasteiger partial charge in [0.05, 0.1) is 11.6 Å². The number of carbonyl (C=O) groups excluding carboxylic acids is 3. The number of fused-ring (bicyclic) bond motifs is 3. The average Bonchev–Trinajstić information content (AvgIpc) is 2.81. The molecule has 1 aliphatic heterocycles. The number of aliphatic hydroxyl groups is 3. The van der Waals surface area contributed by atoms with Crippen LogP contribution in [-0.2, 0) is 20.8 Å². The van der Waals surface area contributed by atoms with Crippen LogP contribution in [0.1, 0.15) is 48.4 Å². The summed E-state index contributed by atoms with van der Waals surface area (Å²) in [6, 6.07) is 2.49. The van der Waals surface area contributed by atoms with Gasteiger partial charge < -0.3 is 31.5 Å². The first-order chi connectivity index (χ1) is 17.0. The summed E-state index contributed by atoms with van der Waals surface area (Å²) in [7, 11) is 3.16. The third-order valence-electron chi connectivity index (χ3n) is 8.26. The van der Waals surface area contributed by atoms with E-state index in [0.717, 1.165) is 31.4 Å². The molecule has 5 atom stereocenters. The Morgan fingerprint density at radius 1 is 1.17 bits per heavy atom. The van der Waals surface area contributed by atoms with Gasteiger partial charge in [0.25, 0.3) is 5.91 Å². The number of likely N-dealkylation sites (N-methyl/N-ethyl adjacent to an activating group) is 1. The summed E-state index contributed by atoms with van der Waals surface area (Å²) in [5.74, 6) is -6.38. The van der Waals surface area contributed by atoms with Gasteiger partial charge >= 0.3 is 0 Å². The van der Waals surface area contributed by atoms with Gasteiger partial charge in [-0.2, -0.15) is 0 Å². The van der Waals surface area contributed by atoms with E-state index in [4.69, 9.17) is 5.73 Å². The number of hydrogen-bond acceptors (Lipinski definition) is 9. The molecule has 36 heavy (non-hydrogen) atoms. The Morgan fingerprint density at radius 3 is 2.50 bits per heavy atom. The summed E-state index contributed by atoms with van der Waals surface area (Å²) in [4.78, 5) is 40.4. The third kappa shape index (κ3) is 3.31. The van der Waals surface area contributed by atoms with Crippen molar-refractivity contribution in [3.63, 3.8) is 0 Å². The molecule has 10 nitrogen and oxygen atoms in total. The number of phenolic OH excluding ortho intramolecular Hbond substituents is 1. The van der Waals surface area contributed by atoms with Gasteiger partial charge in [0.15, 0.2) is 11.4 Å². The molecule has 1 saturated carbocycles. The molecule has 4 aliphatic rings. The number of aromatic hydroxyl groups is 1. The van der Waals surface area contributed by atoms with Crippen LogP contribution in [0.4, 0.5) is 0 Å². The lowest BCUT2D eigenvalue weighted by molar-refractivity contribution is -0.153. The van der Waals surface area contributed by atoms with E-state index in [0.29, 0.717) is 12.0 Å². The lowest BCUT2D eigenvalue weighted by Gasteiger charge is -2.50. The minimum Gasteiger partial charge on any atom is -0.508 e. The number of hydrogen-bond donors (Lipinski definition) is 6. The first-order valence-corrected chi connectivity index (χ1v) is 12.2. The summed E-state index contributed by atoms with van der Waals surface area (Å²) in [6.07, 6.45) is 3.44. The standard InChI is InChI=1S/C26H31N3O7/c1-29(2)20-14-9-13-8-12-7-11(15-5-3-4-6-28-15)10-16(30)17(12)21(31)18(13)23(33)26(14,36)24(34)19(22(20)32)25(27)35/h7,10,13-15,20,28,30-31,34,36H,3-6,8-9H2,1-2H3,(H2,27,35)/t13-,14-,15?,20-,26-/m0/s1. The van der Waals surface area contributed by atoms with Crippen LogP contribution < -0.4 is 11.1 Å². The summed E-state index contributed by atoms with van der Waals surface area (Å²) in [6.45, 7) is 0.874. The van der Waals surface area contributed by atoms with E-state index in [9.17, 15) is 34.8 Å². The molecule has 1 aromatic rings. The lowest BCUT2D eigenvalue weighted by atomic mass is 9.57. The van der Waals surface area contributed by atoms with Crippen LogP contribution >= 0.6 is 0 Å². The number of phenols is 1. The van der Waals surface area contributed by atoms with E-state index in [1.165, 1.54) is 4.90 Å². The molecule has 0 bridgehead atoms. The lowest BCUT2D eigenvalue weighted by Crippen LogP contribution is -2.65. The van der Waals surface area contributed by atoms with Crippen LogP contribution in [0.15, 0.2) is 29.0 Å². The Balaban J connectivity index is 1.65. The first-order valence-electron chi connectivity index (χ1n) is 12.2. The van der Waals surface area contributed by atoms with Crippen LogP contribution in [-0.4, -0.2) is 75.1 Å². The molecule has 0 radical (unpaired) electrons. The second-order valence-corrected chi connectivity index (χ2v) is 10.5. The summed E-state index contributed by atoms with van der Waals surface area (Å²) in [5, 5.41) is 48.0. The molecule has 192 valence electrons. The van der Waals surface area contributed by atoms with Crippen LogP contribution in [0, 0.1) is 11.8 Å². The monoisotopic (exact) mass is 497 g/mol. The maximum atomic E-state index is 13.8. The minimum atomic E-state index is -2.62. The number of amides is 1. The quantitative estimate of drug-likeness (QED) is 0.330. The van der Waals surface area contributed by atoms with Crippen LogP contribution in [0.5, 0.6) is 5.75 Å². The second kappa shape index (κ2) is 8.43. The van der Waals surface area contributed by atoms with E-state index in [-0.39, 0.29) is 29.3 Å². The van der Waals surface area contributed by atoms with Gasteiger partial charge in [0, 0.05) is 17.5 Å². The Labute approximate surface area is 208 Å². The molecule has 1 aromatic carbocycles. The van der Waals surface area contributed by atoms with Crippen molar-refractivity contribution >= 4 is 23.2 Å². The third-order valence-corrected chi connectivity index (χ3v) is 8.26. The van der Waals surface area contributed by atoms with Gasteiger partial charge in [-0.05, 0) is 69.4 Å². The number of nitrogens with two attached hydrogens (primary N) is 1. The number of benzene rings is 1. The molecule has 0 spiro atoms. The van der Waals surface area contributed by atoms with Gasteiger partial charge in [-0.25, -0.2) is 0 Å². The number of Topliss-reactive ketones (excluding diaryl/α,β-unsaturated/α-hetero) is 2. The highest BCUT2D eigenvalue weighted by Crippen LogP contribution is 2.52. The van der Waals surface area contributed by atoms with Crippen molar-refractivity contribution < 1.29 is 34.8 Å². The Morgan fingerprint density at radius 2 is 1.89 bits per heavy atom. The predicted molar refractivity (Wildman–Crippen MR) is 129 cm³/mol. The Hall–Kier alpha value is -3.21. The molecule has 0 aromatic heterocycles. The zero-order valence-corrected chi connectivity index (χ0v) is 20.2. The molecule has 5 rings (SSSR count). The van der Waals surface area contributed by atoms with E-state index >= 15 is 0 Å². The Bertz CT molecular complexity index is 1240. The zero-order chi connectivity index (χ0) is 26.1. The molecule has 2 fully saturated rings. The molecule has 1 heterocycles. The van der Waals surface area contributed by atoms with Gasteiger partial charge in [0.1, 0.15) is 22.8 Å². The summed E-state index contributed by atoms with van der Waals surface area (Å²) in [5.41, 5.74) is 3.44. The number of nitrogens with one attached hydrogen (secondary N) is 1. The van der Waals surface area contributed by atoms with Crippen molar-refractivity contribution in [2.45, 2.75) is 49.8 Å².